The summed E-state index contributed by atoms with van der Waals surface area (Å²) in [5, 5.41) is 12.9. The lowest BCUT2D eigenvalue weighted by Crippen LogP contribution is -2.44. The van der Waals surface area contributed by atoms with E-state index in [1.165, 1.54) is 5.56 Å². The second-order valence-electron chi connectivity index (χ2n) is 6.77. The van der Waals surface area contributed by atoms with Crippen LogP contribution in [-0.4, -0.2) is 28.8 Å². The Kier molecular flexibility index (Phi) is 4.99. The van der Waals surface area contributed by atoms with Crippen molar-refractivity contribution >= 4 is 17.4 Å². The number of ether oxygens (including phenoxy) is 1. The van der Waals surface area contributed by atoms with Crippen LogP contribution >= 0.6 is 0 Å². The molecule has 2 aromatic carbocycles. The second kappa shape index (κ2) is 7.74. The van der Waals surface area contributed by atoms with Gasteiger partial charge in [-0.25, -0.2) is 0 Å². The van der Waals surface area contributed by atoms with Crippen LogP contribution in [0.2, 0.25) is 0 Å². The van der Waals surface area contributed by atoms with E-state index in [0.29, 0.717) is 25.4 Å². The average Bonchev–Trinajstić information content (AvgIpc) is 3.14. The average molecular weight is 377 g/mol. The van der Waals surface area contributed by atoms with Gasteiger partial charge in [-0.3, -0.25) is 9.89 Å². The van der Waals surface area contributed by atoms with Gasteiger partial charge in [0.2, 0.25) is 5.91 Å². The molecule has 1 unspecified atom stereocenters. The molecule has 2 heterocycles. The molecule has 0 spiro atoms. The van der Waals surface area contributed by atoms with Crippen molar-refractivity contribution in [1.29, 1.82) is 0 Å². The summed E-state index contributed by atoms with van der Waals surface area (Å²) in [5.74, 6) is 1.31. The van der Waals surface area contributed by atoms with Crippen LogP contribution in [0.3, 0.4) is 0 Å². The third-order valence-corrected chi connectivity index (χ3v) is 4.90. The molecule has 144 valence electrons. The van der Waals surface area contributed by atoms with Gasteiger partial charge in [-0.15, -0.1) is 0 Å². The Hall–Kier alpha value is -3.32. The number of H-pyrrole nitrogens is 1. The molecular formula is C21H23N5O2. The number of rotatable bonds is 5. The first kappa shape index (κ1) is 18.1. The maximum Gasteiger partial charge on any atom is 0.241 e. The van der Waals surface area contributed by atoms with E-state index in [9.17, 15) is 4.79 Å². The molecule has 1 aromatic heterocycles. The number of carbonyl (C=O) groups excluding carboxylic acids is 1. The normalized spacial score (nSPS) is 15.7. The molecule has 7 heteroatoms. The van der Waals surface area contributed by atoms with Crippen molar-refractivity contribution in [2.24, 2.45) is 0 Å². The Balaban J connectivity index is 1.43. The number of nitrogens with two attached hydrogens (primary N) is 1. The Morgan fingerprint density at radius 2 is 2.07 bits per heavy atom. The van der Waals surface area contributed by atoms with Gasteiger partial charge in [-0.05, 0) is 54.3 Å². The number of amides is 1. The van der Waals surface area contributed by atoms with Crippen LogP contribution in [0, 0.1) is 0 Å². The number of fused-ring (bicyclic) bond motifs is 1. The maximum atomic E-state index is 12.7. The molecule has 28 heavy (non-hydrogen) atoms. The van der Waals surface area contributed by atoms with Gasteiger partial charge in [0.15, 0.2) is 0 Å². The van der Waals surface area contributed by atoms with Crippen LogP contribution in [-0.2, 0) is 17.8 Å². The molecule has 1 amide bonds. The molecule has 0 saturated carbocycles. The lowest BCUT2D eigenvalue weighted by Gasteiger charge is -2.26. The number of nitrogens with one attached hydrogen (secondary N) is 3. The number of aromatic nitrogens is 2. The minimum absolute atomic E-state index is 0.0527. The van der Waals surface area contributed by atoms with Gasteiger partial charge in [-0.2, -0.15) is 5.10 Å². The molecule has 1 aliphatic heterocycles. The molecule has 0 bridgehead atoms. The van der Waals surface area contributed by atoms with Gasteiger partial charge in [0, 0.05) is 17.8 Å². The number of aromatic amines is 1. The second-order valence-corrected chi connectivity index (χ2v) is 6.77. The summed E-state index contributed by atoms with van der Waals surface area (Å²) in [6.07, 6.45) is 2.31. The van der Waals surface area contributed by atoms with E-state index < -0.39 is 0 Å². The quantitative estimate of drug-likeness (QED) is 0.547. The minimum Gasteiger partial charge on any atom is -0.494 e. The number of hydrogen-bond donors (Lipinski definition) is 4. The zero-order valence-corrected chi connectivity index (χ0v) is 15.7. The Bertz CT molecular complexity index is 981. The summed E-state index contributed by atoms with van der Waals surface area (Å²) in [7, 11) is 0. The smallest absolute Gasteiger partial charge is 0.241 e. The molecule has 0 saturated heterocycles. The molecular weight excluding hydrogens is 354 g/mol. The third-order valence-electron chi connectivity index (χ3n) is 4.90. The first-order valence-electron chi connectivity index (χ1n) is 9.32. The topological polar surface area (TPSA) is 105 Å². The summed E-state index contributed by atoms with van der Waals surface area (Å²) in [6, 6.07) is 13.3. The van der Waals surface area contributed by atoms with E-state index in [-0.39, 0.29) is 11.9 Å². The van der Waals surface area contributed by atoms with E-state index in [1.807, 2.05) is 43.3 Å². The van der Waals surface area contributed by atoms with Crippen LogP contribution in [0.25, 0.3) is 11.1 Å². The molecule has 7 nitrogen and oxygen atoms in total. The molecule has 1 aliphatic rings. The van der Waals surface area contributed by atoms with Crippen LogP contribution in [0.4, 0.5) is 11.5 Å². The van der Waals surface area contributed by atoms with Crippen LogP contribution < -0.4 is 21.1 Å². The van der Waals surface area contributed by atoms with Crippen LogP contribution in [0.15, 0.2) is 48.7 Å². The Labute approximate surface area is 163 Å². The van der Waals surface area contributed by atoms with E-state index in [4.69, 9.17) is 10.5 Å². The number of anilines is 2. The highest BCUT2D eigenvalue weighted by Crippen LogP contribution is 2.26. The molecule has 1 atom stereocenters. The molecule has 0 aliphatic carbocycles. The van der Waals surface area contributed by atoms with Crippen molar-refractivity contribution in [2.75, 3.05) is 17.7 Å². The van der Waals surface area contributed by atoms with Gasteiger partial charge in [0.05, 0.1) is 18.8 Å². The van der Waals surface area contributed by atoms with Crippen molar-refractivity contribution < 1.29 is 9.53 Å². The van der Waals surface area contributed by atoms with Crippen molar-refractivity contribution in [3.63, 3.8) is 0 Å². The number of hydrogen-bond acceptors (Lipinski definition) is 5. The zero-order chi connectivity index (χ0) is 19.5. The first-order chi connectivity index (χ1) is 13.6. The molecule has 5 N–H and O–H groups in total. The highest BCUT2D eigenvalue weighted by Gasteiger charge is 2.24. The molecule has 0 fully saturated rings. The van der Waals surface area contributed by atoms with Gasteiger partial charge in [0.1, 0.15) is 11.6 Å². The highest BCUT2D eigenvalue weighted by atomic mass is 16.5. The van der Waals surface area contributed by atoms with E-state index in [0.717, 1.165) is 28.1 Å². The fraction of sp³-hybridized carbons (Fsp3) is 0.238. The predicted molar refractivity (Wildman–Crippen MR) is 109 cm³/mol. The number of nitrogen functional groups attached to an aromatic ring is 1. The summed E-state index contributed by atoms with van der Waals surface area (Å²) < 4.78 is 5.58. The molecule has 0 radical (unpaired) electrons. The zero-order valence-electron chi connectivity index (χ0n) is 15.7. The fourth-order valence-electron chi connectivity index (χ4n) is 3.42. The SMILES string of the molecule is CCOc1ccc2c(c1)CC(C(=O)Nc1ccc(-c3cn[nH]c3N)cc1)NC2. The standard InChI is InChI=1S/C21H23N5O2/c1-2-28-17-8-5-14-11-23-19(10-15(14)9-17)21(27)25-16-6-3-13(4-7-16)18-12-24-26-20(18)22/h3-9,12,19,23H,2,10-11H2,1H3,(H,25,27)(H3,22,24,26). The van der Waals surface area contributed by atoms with Crippen molar-refractivity contribution in [2.45, 2.75) is 25.9 Å². The summed E-state index contributed by atoms with van der Waals surface area (Å²) in [5.41, 5.74) is 10.7. The molecule has 4 rings (SSSR count). The lowest BCUT2D eigenvalue weighted by molar-refractivity contribution is -0.118. The third kappa shape index (κ3) is 3.70. The number of nitrogens with zero attached hydrogens (tertiary/aromatic N) is 1. The fourth-order valence-corrected chi connectivity index (χ4v) is 3.42. The maximum absolute atomic E-state index is 12.7. The Morgan fingerprint density at radius 1 is 1.25 bits per heavy atom. The number of carbonyl (C=O) groups is 1. The lowest BCUT2D eigenvalue weighted by atomic mass is 9.95. The summed E-state index contributed by atoms with van der Waals surface area (Å²) >= 11 is 0. The predicted octanol–water partition coefficient (Wildman–Crippen LogP) is 2.71. The van der Waals surface area contributed by atoms with Gasteiger partial charge >= 0.3 is 0 Å². The van der Waals surface area contributed by atoms with Gasteiger partial charge in [0.25, 0.3) is 0 Å². The number of benzene rings is 2. The van der Waals surface area contributed by atoms with Crippen molar-refractivity contribution in [3.8, 4) is 16.9 Å². The van der Waals surface area contributed by atoms with Gasteiger partial charge in [-0.1, -0.05) is 18.2 Å². The highest BCUT2D eigenvalue weighted by molar-refractivity contribution is 5.95. The largest absolute Gasteiger partial charge is 0.494 e. The Morgan fingerprint density at radius 3 is 2.79 bits per heavy atom. The van der Waals surface area contributed by atoms with Crippen molar-refractivity contribution in [1.82, 2.24) is 15.5 Å². The summed E-state index contributed by atoms with van der Waals surface area (Å²) in [6.45, 7) is 3.25. The van der Waals surface area contributed by atoms with Crippen molar-refractivity contribution in [3.05, 3.63) is 59.8 Å². The summed E-state index contributed by atoms with van der Waals surface area (Å²) in [4.78, 5) is 12.7. The van der Waals surface area contributed by atoms with E-state index in [2.05, 4.69) is 26.9 Å². The van der Waals surface area contributed by atoms with E-state index >= 15 is 0 Å². The minimum atomic E-state index is -0.284. The molecule has 3 aromatic rings. The van der Waals surface area contributed by atoms with Crippen LogP contribution in [0.5, 0.6) is 5.75 Å². The first-order valence-corrected chi connectivity index (χ1v) is 9.32. The monoisotopic (exact) mass is 377 g/mol. The van der Waals surface area contributed by atoms with Gasteiger partial charge < -0.3 is 21.1 Å². The van der Waals surface area contributed by atoms with Crippen LogP contribution in [0.1, 0.15) is 18.1 Å². The van der Waals surface area contributed by atoms with E-state index in [1.54, 1.807) is 6.20 Å².